The molecule has 0 fully saturated rings. The third kappa shape index (κ3) is 4.36. The molecule has 0 aliphatic carbocycles. The van der Waals surface area contributed by atoms with Gasteiger partial charge in [0.25, 0.3) is 0 Å². The quantitative estimate of drug-likeness (QED) is 0.658. The lowest BCUT2D eigenvalue weighted by molar-refractivity contribution is -0.149. The molecule has 0 spiro atoms. The highest BCUT2D eigenvalue weighted by Gasteiger charge is 2.27. The highest BCUT2D eigenvalue weighted by atomic mass is 19.2. The molecule has 0 unspecified atom stereocenters. The van der Waals surface area contributed by atoms with Gasteiger partial charge >= 0.3 is 5.97 Å². The van der Waals surface area contributed by atoms with Crippen molar-refractivity contribution in [1.29, 1.82) is 0 Å². The van der Waals surface area contributed by atoms with Gasteiger partial charge in [0, 0.05) is 5.92 Å². The predicted octanol–water partition coefficient (Wildman–Crippen LogP) is 3.65. The van der Waals surface area contributed by atoms with Gasteiger partial charge in [0.15, 0.2) is 23.3 Å². The summed E-state index contributed by atoms with van der Waals surface area (Å²) in [4.78, 5) is 11.7. The molecular weight excluding hydrogens is 338 g/mol. The highest BCUT2D eigenvalue weighted by Crippen LogP contribution is 2.31. The average Bonchev–Trinajstić information content (AvgIpc) is 2.54. The Morgan fingerprint density at radius 3 is 1.68 bits per heavy atom. The Kier molecular flexibility index (Phi) is 5.79. The fourth-order valence-electron chi connectivity index (χ4n) is 2.50. The number of nitrogens with two attached hydrogens (primary N) is 1. The SMILES string of the molecule is C[C@H](N)C(=O)O[C@@H](C)C(c1ccc(F)c(F)c1)c1ccc(F)c(F)c1. The predicted molar refractivity (Wildman–Crippen MR) is 83.8 cm³/mol. The fourth-order valence-corrected chi connectivity index (χ4v) is 2.50. The maximum atomic E-state index is 13.6. The number of carbonyl (C=O) groups excluding carboxylic acids is 1. The molecule has 2 aromatic rings. The van der Waals surface area contributed by atoms with Crippen LogP contribution in [0.25, 0.3) is 0 Å². The Morgan fingerprint density at radius 2 is 1.32 bits per heavy atom. The Labute approximate surface area is 142 Å². The van der Waals surface area contributed by atoms with Crippen LogP contribution in [0.15, 0.2) is 36.4 Å². The highest BCUT2D eigenvalue weighted by molar-refractivity contribution is 5.75. The van der Waals surface area contributed by atoms with Crippen LogP contribution in [0, 0.1) is 23.3 Å². The van der Waals surface area contributed by atoms with Gasteiger partial charge in [-0.25, -0.2) is 17.6 Å². The molecule has 2 N–H and O–H groups in total. The monoisotopic (exact) mass is 355 g/mol. The normalized spacial score (nSPS) is 13.6. The smallest absolute Gasteiger partial charge is 0.322 e. The largest absolute Gasteiger partial charge is 0.461 e. The van der Waals surface area contributed by atoms with Crippen LogP contribution in [0.5, 0.6) is 0 Å². The van der Waals surface area contributed by atoms with E-state index in [1.54, 1.807) is 0 Å². The van der Waals surface area contributed by atoms with E-state index in [9.17, 15) is 22.4 Å². The average molecular weight is 355 g/mol. The lowest BCUT2D eigenvalue weighted by atomic mass is 9.87. The Hall–Kier alpha value is -2.41. The third-order valence-corrected chi connectivity index (χ3v) is 3.75. The second-order valence-electron chi connectivity index (χ2n) is 5.76. The van der Waals surface area contributed by atoms with Crippen molar-refractivity contribution in [3.8, 4) is 0 Å². The molecule has 3 nitrogen and oxygen atoms in total. The van der Waals surface area contributed by atoms with Crippen LogP contribution >= 0.6 is 0 Å². The van der Waals surface area contributed by atoms with E-state index in [0.717, 1.165) is 24.3 Å². The van der Waals surface area contributed by atoms with E-state index in [1.165, 1.54) is 26.0 Å². The first-order valence-electron chi connectivity index (χ1n) is 7.56. The van der Waals surface area contributed by atoms with Crippen LogP contribution in [0.1, 0.15) is 30.9 Å². The van der Waals surface area contributed by atoms with Gasteiger partial charge in [-0.15, -0.1) is 0 Å². The van der Waals surface area contributed by atoms with Gasteiger partial charge in [0.1, 0.15) is 12.1 Å². The summed E-state index contributed by atoms with van der Waals surface area (Å²) < 4.78 is 58.9. The van der Waals surface area contributed by atoms with Crippen LogP contribution in [0.4, 0.5) is 17.6 Å². The van der Waals surface area contributed by atoms with Gasteiger partial charge in [-0.3, -0.25) is 4.79 Å². The first kappa shape index (κ1) is 18.9. The summed E-state index contributed by atoms with van der Waals surface area (Å²) in [6.45, 7) is 2.94. The molecule has 0 amide bonds. The molecule has 0 heterocycles. The van der Waals surface area contributed by atoms with Gasteiger partial charge in [-0.2, -0.15) is 0 Å². The molecule has 0 bridgehead atoms. The maximum absolute atomic E-state index is 13.6. The summed E-state index contributed by atoms with van der Waals surface area (Å²) in [6.07, 6.45) is -0.881. The lowest BCUT2D eigenvalue weighted by Crippen LogP contribution is -2.33. The second kappa shape index (κ2) is 7.65. The minimum Gasteiger partial charge on any atom is -0.461 e. The number of carbonyl (C=O) groups is 1. The van der Waals surface area contributed by atoms with Crippen molar-refractivity contribution in [2.24, 2.45) is 5.73 Å². The maximum Gasteiger partial charge on any atom is 0.322 e. The van der Waals surface area contributed by atoms with E-state index in [4.69, 9.17) is 10.5 Å². The molecule has 0 aromatic heterocycles. The molecule has 2 rings (SSSR count). The zero-order valence-corrected chi connectivity index (χ0v) is 13.6. The van der Waals surface area contributed by atoms with Gasteiger partial charge in [0.2, 0.25) is 0 Å². The second-order valence-corrected chi connectivity index (χ2v) is 5.76. The van der Waals surface area contributed by atoms with Crippen LogP contribution in [-0.4, -0.2) is 18.1 Å². The molecule has 0 saturated heterocycles. The van der Waals surface area contributed by atoms with Crippen LogP contribution in [0.2, 0.25) is 0 Å². The number of hydrogen-bond donors (Lipinski definition) is 1. The molecule has 134 valence electrons. The lowest BCUT2D eigenvalue weighted by Gasteiger charge is -2.26. The first-order chi connectivity index (χ1) is 11.7. The standard InChI is InChI=1S/C18H17F4NO2/c1-9(23)18(24)25-10(2)17(11-3-5-13(19)15(21)7-11)12-4-6-14(20)16(22)8-12/h3-10,17H,23H2,1-2H3/t9-,10-/m0/s1. The van der Waals surface area contributed by atoms with Crippen molar-refractivity contribution < 1.29 is 27.1 Å². The van der Waals surface area contributed by atoms with Crippen LogP contribution < -0.4 is 5.73 Å². The number of esters is 1. The fraction of sp³-hybridized carbons (Fsp3) is 0.278. The number of hydrogen-bond acceptors (Lipinski definition) is 3. The van der Waals surface area contributed by atoms with E-state index in [2.05, 4.69) is 0 Å². The molecular formula is C18H17F4NO2. The number of rotatable bonds is 5. The minimum absolute atomic E-state index is 0.245. The minimum atomic E-state index is -1.10. The van der Waals surface area contributed by atoms with Crippen molar-refractivity contribution in [2.45, 2.75) is 31.9 Å². The summed E-state index contributed by atoms with van der Waals surface area (Å²) in [5, 5.41) is 0. The van der Waals surface area contributed by atoms with Crippen molar-refractivity contribution in [3.05, 3.63) is 70.8 Å². The van der Waals surface area contributed by atoms with Crippen molar-refractivity contribution in [3.63, 3.8) is 0 Å². The molecule has 0 radical (unpaired) electrons. The molecule has 2 aromatic carbocycles. The van der Waals surface area contributed by atoms with Crippen molar-refractivity contribution >= 4 is 5.97 Å². The molecule has 25 heavy (non-hydrogen) atoms. The van der Waals surface area contributed by atoms with Crippen molar-refractivity contribution in [2.75, 3.05) is 0 Å². The Balaban J connectivity index is 2.48. The number of benzene rings is 2. The third-order valence-electron chi connectivity index (χ3n) is 3.75. The Bertz CT molecular complexity index is 728. The zero-order valence-electron chi connectivity index (χ0n) is 13.6. The van der Waals surface area contributed by atoms with E-state index >= 15 is 0 Å². The molecule has 7 heteroatoms. The molecule has 0 aliphatic heterocycles. The van der Waals surface area contributed by atoms with Gasteiger partial charge < -0.3 is 10.5 Å². The summed E-state index contributed by atoms with van der Waals surface area (Å²) in [7, 11) is 0. The first-order valence-corrected chi connectivity index (χ1v) is 7.56. The molecule has 2 atom stereocenters. The summed E-state index contributed by atoms with van der Waals surface area (Å²) in [5.41, 5.74) is 5.95. The zero-order chi connectivity index (χ0) is 18.7. The molecule has 0 saturated carbocycles. The van der Waals surface area contributed by atoms with Gasteiger partial charge in [-0.1, -0.05) is 12.1 Å². The summed E-state index contributed by atoms with van der Waals surface area (Å²) in [5.74, 6) is -5.84. The van der Waals surface area contributed by atoms with E-state index in [-0.39, 0.29) is 11.1 Å². The number of ether oxygens (including phenoxy) is 1. The van der Waals surface area contributed by atoms with E-state index in [0.29, 0.717) is 0 Å². The van der Waals surface area contributed by atoms with E-state index in [1.807, 2.05) is 0 Å². The van der Waals surface area contributed by atoms with Gasteiger partial charge in [-0.05, 0) is 49.2 Å². The van der Waals surface area contributed by atoms with Crippen LogP contribution in [0.3, 0.4) is 0 Å². The van der Waals surface area contributed by atoms with Gasteiger partial charge in [0.05, 0.1) is 0 Å². The van der Waals surface area contributed by atoms with Crippen LogP contribution in [-0.2, 0) is 9.53 Å². The summed E-state index contributed by atoms with van der Waals surface area (Å²) in [6, 6.07) is 5.38. The topological polar surface area (TPSA) is 52.3 Å². The Morgan fingerprint density at radius 1 is 0.880 bits per heavy atom. The van der Waals surface area contributed by atoms with Crippen molar-refractivity contribution in [1.82, 2.24) is 0 Å². The van der Waals surface area contributed by atoms with E-state index < -0.39 is 47.3 Å². The molecule has 0 aliphatic rings. The number of halogens is 4. The summed E-state index contributed by atoms with van der Waals surface area (Å²) >= 11 is 0.